The smallest absolute Gasteiger partial charge is 0.490 e. The number of ether oxygens (including phenoxy) is 2. The van der Waals surface area contributed by atoms with E-state index in [1.54, 1.807) is 11.8 Å². The zero-order valence-electron chi connectivity index (χ0n) is 34.5. The molecule has 3 amide bonds. The number of nitrogen functional groups attached to an aromatic ring is 2. The molecule has 0 bridgehead atoms. The van der Waals surface area contributed by atoms with Gasteiger partial charge in [0.1, 0.15) is 36.6 Å². The number of aliphatic hydroxyl groups is 3. The summed E-state index contributed by atoms with van der Waals surface area (Å²) in [7, 11) is -16.2. The molecule has 14 N–H and O–H groups in total. The number of fused-ring (bicyclic) bond motifs is 3. The second-order valence-electron chi connectivity index (χ2n) is 15.7. The molecule has 8 heterocycles. The molecule has 4 aromatic rings. The summed E-state index contributed by atoms with van der Waals surface area (Å²) in [6.45, 7) is -2.22. The molecular formula is C31H44N13O19P3S. The monoisotopic (exact) mass is 1030 g/mol. The van der Waals surface area contributed by atoms with E-state index < -0.39 is 109 Å². The van der Waals surface area contributed by atoms with Crippen LogP contribution in [0.4, 0.5) is 16.7 Å². The highest BCUT2D eigenvalue weighted by atomic mass is 32.2. The Morgan fingerprint density at radius 1 is 0.985 bits per heavy atom. The SMILES string of the molecule is Cn1c[n+]([C@@H]2O[C@H](COP(=O)(O)OP(=O)(O)OP(=O)(O)OC[C@H]3O[C@@H](n4cnc5c(=O)[nH]c(N)nc54)[C@H](O)[C@@H]3O)[C@@H](O)[C@H]2NC(=O)CCCC[C@@H]2SC[C@@H]3NC(=O)N[C@@H]32)c2nc(N)nc([O-])c21. The second kappa shape index (κ2) is 18.8. The van der Waals surface area contributed by atoms with Crippen LogP contribution in [0.25, 0.3) is 22.3 Å². The van der Waals surface area contributed by atoms with E-state index in [0.717, 1.165) is 16.6 Å². The molecule has 0 radical (unpaired) electrons. The van der Waals surface area contributed by atoms with Gasteiger partial charge in [-0.3, -0.25) is 32.8 Å². The van der Waals surface area contributed by atoms with E-state index in [0.29, 0.717) is 19.3 Å². The van der Waals surface area contributed by atoms with Gasteiger partial charge in [-0.2, -0.15) is 25.4 Å². The van der Waals surface area contributed by atoms with Crippen molar-refractivity contribution in [1.82, 2.24) is 50.0 Å². The van der Waals surface area contributed by atoms with Crippen molar-refractivity contribution < 1.29 is 90.1 Å². The van der Waals surface area contributed by atoms with Crippen LogP contribution in [0.2, 0.25) is 0 Å². The third-order valence-corrected chi connectivity index (χ3v) is 16.8. The largest absolute Gasteiger partial charge is 0.856 e. The Morgan fingerprint density at radius 2 is 1.67 bits per heavy atom. The number of imidazole rings is 2. The number of rotatable bonds is 18. The minimum absolute atomic E-state index is 0.0201. The van der Waals surface area contributed by atoms with E-state index in [2.05, 4.69) is 54.0 Å². The highest BCUT2D eigenvalue weighted by Crippen LogP contribution is 2.68. The Morgan fingerprint density at radius 3 is 2.37 bits per heavy atom. The highest BCUT2D eigenvalue weighted by Gasteiger charge is 2.51. The number of urea groups is 1. The van der Waals surface area contributed by atoms with Crippen molar-refractivity contribution in [1.29, 1.82) is 0 Å². The molecule has 368 valence electrons. The summed E-state index contributed by atoms with van der Waals surface area (Å²) >= 11 is 1.71. The second-order valence-corrected chi connectivity index (χ2v) is 21.6. The number of H-pyrrole nitrogens is 1. The van der Waals surface area contributed by atoms with Gasteiger partial charge < -0.3 is 72.0 Å². The Bertz CT molecular complexity index is 2770. The Kier molecular flexibility index (Phi) is 13.8. The molecule has 32 nitrogen and oxygen atoms in total. The molecule has 0 aromatic carbocycles. The van der Waals surface area contributed by atoms with Crippen LogP contribution in [0.15, 0.2) is 17.4 Å². The Hall–Kier alpha value is -4.40. The first kappa shape index (κ1) is 49.0. The maximum Gasteiger partial charge on any atom is 0.490 e. The number of nitrogens with two attached hydrogens (primary N) is 2. The number of aromatic nitrogens is 8. The molecule has 8 rings (SSSR count). The standard InChI is InChI=1S/C31H44N13O19P3S/c1-42-10-44(24-19(42)26(50)41-30(33)39-24)27-17(36-15(45)5-3-2-4-14-16-11(8-67-14)35-31(51)37-16)20(46)12(60-27)6-58-64(52,53)62-66(56,57)63-65(54,55)59-7-13-21(47)22(48)28(61-13)43-9-34-18-23(43)38-29(32)40-25(18)49/h9-14,16-17,20-22,27-28,46-48H,2-8H2,1H3,(H11-,32,33,35,36,37,38,39,40,41,45,49,50,51,52,53,54,55,56,57)/t11-,12+,13+,14-,16-,17+,20+,21+,22+,27+,28+/m0/s1. The van der Waals surface area contributed by atoms with E-state index in [-0.39, 0.29) is 58.1 Å². The predicted octanol–water partition coefficient (Wildman–Crippen LogP) is -3.92. The number of nitrogens with one attached hydrogen (secondary N) is 4. The van der Waals surface area contributed by atoms with Crippen LogP contribution >= 0.6 is 35.2 Å². The normalized spacial score (nSPS) is 31.0. The number of aryl methyl sites for hydroxylation is 1. The van der Waals surface area contributed by atoms with Gasteiger partial charge in [0, 0.05) is 23.3 Å². The molecule has 4 fully saturated rings. The minimum Gasteiger partial charge on any atom is -0.856 e. The predicted molar refractivity (Wildman–Crippen MR) is 220 cm³/mol. The van der Waals surface area contributed by atoms with Crippen molar-refractivity contribution in [2.45, 2.75) is 92.0 Å². The van der Waals surface area contributed by atoms with E-state index in [1.165, 1.54) is 22.5 Å². The van der Waals surface area contributed by atoms with Gasteiger partial charge in [0.15, 0.2) is 29.2 Å². The maximum atomic E-state index is 13.3. The van der Waals surface area contributed by atoms with E-state index in [4.69, 9.17) is 25.5 Å². The molecule has 4 aliphatic rings. The molecule has 4 saturated heterocycles. The number of carbonyl (C=O) groups is 2. The average molecular weight is 1030 g/mol. The van der Waals surface area contributed by atoms with Crippen molar-refractivity contribution in [3.8, 4) is 5.88 Å². The van der Waals surface area contributed by atoms with Crippen LogP contribution in [-0.4, -0.2) is 149 Å². The summed E-state index contributed by atoms with van der Waals surface area (Å²) < 4.78 is 71.3. The van der Waals surface area contributed by atoms with Crippen LogP contribution in [0.1, 0.15) is 38.1 Å². The third kappa shape index (κ3) is 10.5. The van der Waals surface area contributed by atoms with Crippen LogP contribution in [-0.2, 0) is 52.7 Å². The first-order chi connectivity index (χ1) is 31.5. The molecule has 0 spiro atoms. The van der Waals surface area contributed by atoms with Crippen molar-refractivity contribution in [2.24, 2.45) is 7.05 Å². The number of aromatic amines is 1. The number of nitrogens with zero attached hydrogens (tertiary/aromatic N) is 7. The average Bonchev–Trinajstić information content (AvgIpc) is 4.07. The van der Waals surface area contributed by atoms with Gasteiger partial charge in [-0.1, -0.05) is 11.4 Å². The molecule has 0 saturated carbocycles. The quantitative estimate of drug-likeness (QED) is 0.0196. The first-order valence-electron chi connectivity index (χ1n) is 20.0. The van der Waals surface area contributed by atoms with Crippen molar-refractivity contribution in [3.05, 3.63) is 23.0 Å². The van der Waals surface area contributed by atoms with Gasteiger partial charge >= 0.3 is 35.1 Å². The Labute approximate surface area is 379 Å². The third-order valence-electron chi connectivity index (χ3n) is 11.1. The van der Waals surface area contributed by atoms with E-state index >= 15 is 0 Å². The number of thioether (sulfide) groups is 1. The van der Waals surface area contributed by atoms with Crippen LogP contribution < -0.4 is 42.7 Å². The molecule has 3 unspecified atom stereocenters. The molecular weight excluding hydrogens is 983 g/mol. The fourth-order valence-electron chi connectivity index (χ4n) is 8.11. The van der Waals surface area contributed by atoms with Gasteiger partial charge in [-0.05, 0) is 12.8 Å². The molecule has 4 aliphatic heterocycles. The van der Waals surface area contributed by atoms with Crippen LogP contribution in [0.5, 0.6) is 5.88 Å². The van der Waals surface area contributed by atoms with Gasteiger partial charge in [-0.15, -0.1) is 0 Å². The van der Waals surface area contributed by atoms with Crippen LogP contribution in [0, 0.1) is 0 Å². The summed E-state index contributed by atoms with van der Waals surface area (Å²) in [6, 6.07) is -1.59. The summed E-state index contributed by atoms with van der Waals surface area (Å²) in [5, 5.41) is 53.9. The van der Waals surface area contributed by atoms with Gasteiger partial charge in [0.2, 0.25) is 18.1 Å². The highest BCUT2D eigenvalue weighted by molar-refractivity contribution is 8.00. The number of hydrogen-bond donors (Lipinski definition) is 12. The van der Waals surface area contributed by atoms with Crippen molar-refractivity contribution in [2.75, 3.05) is 30.4 Å². The number of phosphoric ester groups is 2. The summed E-state index contributed by atoms with van der Waals surface area (Å²) in [5.41, 5.74) is 10.1. The fourth-order valence-corrected chi connectivity index (χ4v) is 13.2. The number of amides is 3. The van der Waals surface area contributed by atoms with E-state index in [1.807, 2.05) is 0 Å². The molecule has 4 aromatic heterocycles. The summed E-state index contributed by atoms with van der Waals surface area (Å²) in [5.74, 6) is -1.29. The van der Waals surface area contributed by atoms with Gasteiger partial charge in [0.25, 0.3) is 11.5 Å². The Balaban J connectivity index is 0.880. The molecule has 36 heteroatoms. The first-order valence-corrected chi connectivity index (χ1v) is 25.5. The fraction of sp³-hybridized carbons (Fsp3) is 0.613. The van der Waals surface area contributed by atoms with Crippen molar-refractivity contribution in [3.63, 3.8) is 0 Å². The molecule has 67 heavy (non-hydrogen) atoms. The van der Waals surface area contributed by atoms with E-state index in [9.17, 15) is 63.2 Å². The number of carbonyl (C=O) groups excluding carboxylic acids is 2. The number of phosphoric acid groups is 3. The zero-order valence-corrected chi connectivity index (χ0v) is 38.0. The lowest BCUT2D eigenvalue weighted by molar-refractivity contribution is -0.741. The minimum atomic E-state index is -6.08. The molecule has 0 aliphatic carbocycles. The van der Waals surface area contributed by atoms with Crippen LogP contribution in [0.3, 0.4) is 0 Å². The number of aliphatic hydroxyl groups excluding tert-OH is 3. The number of unbranched alkanes of at least 4 members (excludes halogenated alkanes) is 1. The summed E-state index contributed by atoms with van der Waals surface area (Å²) in [6.07, 6.45) is -7.51. The zero-order chi connectivity index (χ0) is 48.3. The lowest BCUT2D eigenvalue weighted by Crippen LogP contribution is -2.53. The number of anilines is 2. The molecule has 14 atom stereocenters. The van der Waals surface area contributed by atoms with Crippen molar-refractivity contribution >= 4 is 81.4 Å². The van der Waals surface area contributed by atoms with Gasteiger partial charge in [-0.25, -0.2) is 33.0 Å². The summed E-state index contributed by atoms with van der Waals surface area (Å²) in [4.78, 5) is 85.8. The maximum absolute atomic E-state index is 13.3. The lowest BCUT2D eigenvalue weighted by atomic mass is 10.0. The lowest BCUT2D eigenvalue weighted by Gasteiger charge is -2.21. The van der Waals surface area contributed by atoms with Gasteiger partial charge in [0.05, 0.1) is 38.7 Å². The topological polar surface area (TPSA) is 471 Å². The number of hydrogen-bond acceptors (Lipinski definition) is 23.